The number of carboxylic acid groups (broad SMARTS) is 1. The molecule has 0 unspecified atom stereocenters. The van der Waals surface area contributed by atoms with Gasteiger partial charge in [0, 0.05) is 29.7 Å². The lowest BCUT2D eigenvalue weighted by Gasteiger charge is -2.21. The number of nitrogens with zero attached hydrogens (tertiary/aromatic N) is 2. The van der Waals surface area contributed by atoms with Gasteiger partial charge in [0.2, 0.25) is 0 Å². The highest BCUT2D eigenvalue weighted by Crippen LogP contribution is 2.38. The van der Waals surface area contributed by atoms with Crippen LogP contribution in [0.5, 0.6) is 11.5 Å². The molecule has 1 heterocycles. The SMILES string of the molecule is O=C(O)/C=C\C(=O)N1N=C(c2ccccc2OC(F)F)C[C@@H]1c1ccccc1O. The van der Waals surface area contributed by atoms with Crippen LogP contribution in [0.3, 0.4) is 0 Å². The Morgan fingerprint density at radius 3 is 2.52 bits per heavy atom. The van der Waals surface area contributed by atoms with Crippen LogP contribution in [0.1, 0.15) is 23.6 Å². The van der Waals surface area contributed by atoms with Crippen LogP contribution in [0.2, 0.25) is 0 Å². The monoisotopic (exact) mass is 402 g/mol. The first kappa shape index (κ1) is 20.0. The van der Waals surface area contributed by atoms with Crippen molar-refractivity contribution in [2.75, 3.05) is 0 Å². The van der Waals surface area contributed by atoms with Crippen LogP contribution >= 0.6 is 0 Å². The van der Waals surface area contributed by atoms with Gasteiger partial charge >= 0.3 is 12.6 Å². The molecule has 2 aromatic carbocycles. The van der Waals surface area contributed by atoms with Gasteiger partial charge in [0.05, 0.1) is 11.8 Å². The van der Waals surface area contributed by atoms with Crippen LogP contribution in [0, 0.1) is 0 Å². The van der Waals surface area contributed by atoms with E-state index in [9.17, 15) is 23.5 Å². The summed E-state index contributed by atoms with van der Waals surface area (Å²) in [5, 5.41) is 24.2. The minimum atomic E-state index is -3.04. The van der Waals surface area contributed by atoms with E-state index in [2.05, 4.69) is 9.84 Å². The molecule has 7 nitrogen and oxygen atoms in total. The molecule has 1 amide bonds. The van der Waals surface area contributed by atoms with Gasteiger partial charge in [0.25, 0.3) is 5.91 Å². The third kappa shape index (κ3) is 4.57. The van der Waals surface area contributed by atoms with Crippen molar-refractivity contribution < 1.29 is 33.3 Å². The van der Waals surface area contributed by atoms with E-state index in [0.29, 0.717) is 11.6 Å². The number of phenols is 1. The van der Waals surface area contributed by atoms with Gasteiger partial charge in [-0.25, -0.2) is 9.80 Å². The first-order chi connectivity index (χ1) is 13.9. The Hall–Kier alpha value is -3.75. The number of hydrogen-bond donors (Lipinski definition) is 2. The Bertz CT molecular complexity index is 990. The molecule has 29 heavy (non-hydrogen) atoms. The maximum atomic E-state index is 12.7. The van der Waals surface area contributed by atoms with Crippen molar-refractivity contribution in [3.63, 3.8) is 0 Å². The van der Waals surface area contributed by atoms with Crippen LogP contribution in [-0.2, 0) is 9.59 Å². The Morgan fingerprint density at radius 1 is 1.14 bits per heavy atom. The number of benzene rings is 2. The number of rotatable bonds is 6. The van der Waals surface area contributed by atoms with Crippen molar-refractivity contribution in [3.05, 3.63) is 71.8 Å². The molecule has 1 aliphatic rings. The summed E-state index contributed by atoms with van der Waals surface area (Å²) in [5.74, 6) is -2.22. The summed E-state index contributed by atoms with van der Waals surface area (Å²) >= 11 is 0. The first-order valence-electron chi connectivity index (χ1n) is 8.50. The average Bonchev–Trinajstić information content (AvgIpc) is 3.11. The second-order valence-corrected chi connectivity index (χ2v) is 6.05. The summed E-state index contributed by atoms with van der Waals surface area (Å²) in [6.45, 7) is -3.04. The third-order valence-corrected chi connectivity index (χ3v) is 4.21. The highest BCUT2D eigenvalue weighted by Gasteiger charge is 2.34. The number of carboxylic acids is 1. The van der Waals surface area contributed by atoms with E-state index in [1.54, 1.807) is 24.3 Å². The molecular formula is C20H16F2N2O5. The summed E-state index contributed by atoms with van der Waals surface area (Å²) in [7, 11) is 0. The smallest absolute Gasteiger partial charge is 0.387 e. The predicted molar refractivity (Wildman–Crippen MR) is 98.7 cm³/mol. The summed E-state index contributed by atoms with van der Waals surface area (Å²) in [6, 6.07) is 11.6. The lowest BCUT2D eigenvalue weighted by Crippen LogP contribution is -2.25. The molecule has 9 heteroatoms. The zero-order chi connectivity index (χ0) is 21.0. The normalized spacial score (nSPS) is 16.3. The zero-order valence-corrected chi connectivity index (χ0v) is 14.9. The minimum absolute atomic E-state index is 0.0777. The predicted octanol–water partition coefficient (Wildman–Crippen LogP) is 3.31. The molecule has 0 aliphatic carbocycles. The van der Waals surface area contributed by atoms with Crippen molar-refractivity contribution >= 4 is 17.6 Å². The number of hydrazone groups is 1. The van der Waals surface area contributed by atoms with E-state index in [-0.39, 0.29) is 29.2 Å². The van der Waals surface area contributed by atoms with Gasteiger partial charge in [0.1, 0.15) is 11.5 Å². The topological polar surface area (TPSA) is 99.4 Å². The van der Waals surface area contributed by atoms with E-state index in [0.717, 1.165) is 11.1 Å². The van der Waals surface area contributed by atoms with Crippen LogP contribution in [0.15, 0.2) is 65.8 Å². The molecule has 0 radical (unpaired) electrons. The molecule has 0 spiro atoms. The molecule has 1 aliphatic heterocycles. The molecule has 0 fully saturated rings. The van der Waals surface area contributed by atoms with Crippen molar-refractivity contribution in [2.45, 2.75) is 19.1 Å². The molecule has 0 bridgehead atoms. The molecule has 150 valence electrons. The van der Waals surface area contributed by atoms with E-state index in [4.69, 9.17) is 5.11 Å². The summed E-state index contributed by atoms with van der Waals surface area (Å²) in [5.41, 5.74) is 0.938. The van der Waals surface area contributed by atoms with Gasteiger partial charge in [-0.15, -0.1) is 0 Å². The van der Waals surface area contributed by atoms with Crippen LogP contribution in [0.25, 0.3) is 0 Å². The summed E-state index contributed by atoms with van der Waals surface area (Å²) in [4.78, 5) is 23.3. The molecule has 0 aromatic heterocycles. The number of carbonyl (C=O) groups excluding carboxylic acids is 1. The number of carbonyl (C=O) groups is 2. The van der Waals surface area contributed by atoms with Gasteiger partial charge in [-0.05, 0) is 18.2 Å². The fourth-order valence-corrected chi connectivity index (χ4v) is 3.01. The fraction of sp³-hybridized carbons (Fsp3) is 0.150. The lowest BCUT2D eigenvalue weighted by molar-refractivity contribution is -0.132. The maximum Gasteiger partial charge on any atom is 0.387 e. The Balaban J connectivity index is 2.02. The Morgan fingerprint density at radius 2 is 1.83 bits per heavy atom. The summed E-state index contributed by atoms with van der Waals surface area (Å²) in [6.07, 6.45) is 1.61. The number of halogens is 2. The quantitative estimate of drug-likeness (QED) is 0.723. The number of aliphatic carboxylic acids is 1. The lowest BCUT2D eigenvalue weighted by atomic mass is 9.97. The van der Waals surface area contributed by atoms with Crippen molar-refractivity contribution in [1.29, 1.82) is 0 Å². The maximum absolute atomic E-state index is 12.7. The Labute approximate surface area is 164 Å². The second kappa shape index (κ2) is 8.51. The molecular weight excluding hydrogens is 386 g/mol. The van der Waals surface area contributed by atoms with Crippen LogP contribution in [0.4, 0.5) is 8.78 Å². The largest absolute Gasteiger partial charge is 0.508 e. The van der Waals surface area contributed by atoms with E-state index < -0.39 is 24.5 Å². The number of alkyl halides is 2. The highest BCUT2D eigenvalue weighted by molar-refractivity contribution is 6.06. The van der Waals surface area contributed by atoms with E-state index in [1.165, 1.54) is 24.3 Å². The fourth-order valence-electron chi connectivity index (χ4n) is 3.01. The zero-order valence-electron chi connectivity index (χ0n) is 14.9. The third-order valence-electron chi connectivity index (χ3n) is 4.21. The number of ether oxygens (including phenoxy) is 1. The van der Waals surface area contributed by atoms with Crippen molar-refractivity contribution in [3.8, 4) is 11.5 Å². The molecule has 0 saturated carbocycles. The molecule has 1 atom stereocenters. The van der Waals surface area contributed by atoms with Gasteiger partial charge in [-0.1, -0.05) is 30.3 Å². The molecule has 2 N–H and O–H groups in total. The number of amides is 1. The molecule has 3 rings (SSSR count). The minimum Gasteiger partial charge on any atom is -0.508 e. The molecule has 0 saturated heterocycles. The van der Waals surface area contributed by atoms with Gasteiger partial charge in [-0.3, -0.25) is 4.79 Å². The number of aromatic hydroxyl groups is 1. The van der Waals surface area contributed by atoms with Crippen molar-refractivity contribution in [2.24, 2.45) is 5.10 Å². The number of para-hydroxylation sites is 2. The van der Waals surface area contributed by atoms with Crippen molar-refractivity contribution in [1.82, 2.24) is 5.01 Å². The van der Waals surface area contributed by atoms with Crippen LogP contribution < -0.4 is 4.74 Å². The van der Waals surface area contributed by atoms with E-state index in [1.807, 2.05) is 0 Å². The standard InChI is InChI=1S/C20H16F2N2O5/c21-20(22)29-17-8-4-2-5-12(17)14-11-15(13-6-1-3-7-16(13)25)24(23-14)18(26)9-10-19(27)28/h1-10,15,20,25H,11H2,(H,27,28)/b10-9-/t15-/m1/s1. The number of hydrogen-bond acceptors (Lipinski definition) is 5. The Kier molecular flexibility index (Phi) is 5.87. The van der Waals surface area contributed by atoms with Gasteiger partial charge < -0.3 is 14.9 Å². The first-order valence-corrected chi connectivity index (χ1v) is 8.50. The van der Waals surface area contributed by atoms with Crippen LogP contribution in [-0.4, -0.2) is 39.4 Å². The van der Waals surface area contributed by atoms with Gasteiger partial charge in [0.15, 0.2) is 0 Å². The van der Waals surface area contributed by atoms with Gasteiger partial charge in [-0.2, -0.15) is 13.9 Å². The highest BCUT2D eigenvalue weighted by atomic mass is 19.3. The summed E-state index contributed by atoms with van der Waals surface area (Å²) < 4.78 is 30.0. The second-order valence-electron chi connectivity index (χ2n) is 6.05. The molecule has 2 aromatic rings. The number of phenolic OH excluding ortho intramolecular Hbond substituents is 1. The average molecular weight is 402 g/mol. The van der Waals surface area contributed by atoms with E-state index >= 15 is 0 Å².